The second-order valence-corrected chi connectivity index (χ2v) is 7.13. The minimum atomic E-state index is -0.536. The van der Waals surface area contributed by atoms with Gasteiger partial charge in [-0.2, -0.15) is 0 Å². The number of imidazole rings is 1. The van der Waals surface area contributed by atoms with Gasteiger partial charge in [-0.05, 0) is 44.4 Å². The van der Waals surface area contributed by atoms with Crippen LogP contribution in [0.1, 0.15) is 50.3 Å². The van der Waals surface area contributed by atoms with Crippen LogP contribution in [0.25, 0.3) is 0 Å². The van der Waals surface area contributed by atoms with Gasteiger partial charge >= 0.3 is 0 Å². The number of carbonyl (C=O) groups is 1. The Hall–Kier alpha value is -0.780. The van der Waals surface area contributed by atoms with Crippen LogP contribution in [-0.2, 0) is 11.3 Å². The molecule has 1 amide bonds. The lowest BCUT2D eigenvalue weighted by molar-refractivity contribution is -0.134. The molecule has 2 N–H and O–H groups in total. The smallest absolute Gasteiger partial charge is 0.242 e. The van der Waals surface area contributed by atoms with E-state index in [2.05, 4.69) is 15.7 Å². The van der Waals surface area contributed by atoms with E-state index in [0.29, 0.717) is 5.92 Å². The van der Waals surface area contributed by atoms with Crippen molar-refractivity contribution in [1.82, 2.24) is 14.5 Å². The SMILES string of the molecule is Cl.Cl.NC1(C(=O)N2CCCC(c3nccn3CC3CC3)C2)CC1. The molecule has 4 rings (SSSR count). The number of rotatable bonds is 4. The van der Waals surface area contributed by atoms with Crippen LogP contribution in [0, 0.1) is 5.92 Å². The Morgan fingerprint density at radius 2 is 2.04 bits per heavy atom. The number of nitrogens with zero attached hydrogens (tertiary/aromatic N) is 3. The third kappa shape index (κ3) is 3.83. The van der Waals surface area contributed by atoms with Crippen LogP contribution in [0.15, 0.2) is 12.4 Å². The maximum Gasteiger partial charge on any atom is 0.242 e. The highest BCUT2D eigenvalue weighted by atomic mass is 35.5. The fourth-order valence-corrected chi connectivity index (χ4v) is 3.45. The van der Waals surface area contributed by atoms with Gasteiger partial charge in [-0.1, -0.05) is 0 Å². The molecule has 0 aromatic carbocycles. The van der Waals surface area contributed by atoms with E-state index in [0.717, 1.165) is 51.2 Å². The Morgan fingerprint density at radius 1 is 1.30 bits per heavy atom. The Balaban J connectivity index is 0.000000960. The number of piperidine rings is 1. The van der Waals surface area contributed by atoms with Crippen LogP contribution in [0.5, 0.6) is 0 Å². The molecule has 130 valence electrons. The van der Waals surface area contributed by atoms with E-state index in [4.69, 9.17) is 5.73 Å². The fraction of sp³-hybridized carbons (Fsp3) is 0.750. The third-order valence-corrected chi connectivity index (χ3v) is 5.19. The second kappa shape index (κ2) is 6.99. The van der Waals surface area contributed by atoms with Crippen LogP contribution in [-0.4, -0.2) is 39.0 Å². The number of aromatic nitrogens is 2. The molecule has 3 fully saturated rings. The van der Waals surface area contributed by atoms with Gasteiger partial charge in [0.2, 0.25) is 5.91 Å². The molecule has 1 unspecified atom stereocenters. The number of carbonyl (C=O) groups excluding carboxylic acids is 1. The van der Waals surface area contributed by atoms with Gasteiger partial charge in [-0.15, -0.1) is 24.8 Å². The van der Waals surface area contributed by atoms with Crippen molar-refractivity contribution in [3.05, 3.63) is 18.2 Å². The van der Waals surface area contributed by atoms with E-state index in [1.54, 1.807) is 0 Å². The van der Waals surface area contributed by atoms with Crippen LogP contribution in [0.4, 0.5) is 0 Å². The Labute approximate surface area is 149 Å². The van der Waals surface area contributed by atoms with E-state index < -0.39 is 5.54 Å². The average Bonchev–Trinajstić information content (AvgIpc) is 3.40. The molecule has 3 aliphatic rings. The molecular formula is C16H26Cl2N4O. The molecule has 1 saturated heterocycles. The summed E-state index contributed by atoms with van der Waals surface area (Å²) in [5.74, 6) is 2.55. The highest BCUT2D eigenvalue weighted by molar-refractivity contribution is 5.89. The summed E-state index contributed by atoms with van der Waals surface area (Å²) >= 11 is 0. The quantitative estimate of drug-likeness (QED) is 0.895. The van der Waals surface area contributed by atoms with Crippen molar-refractivity contribution in [1.29, 1.82) is 0 Å². The molecule has 0 spiro atoms. The summed E-state index contributed by atoms with van der Waals surface area (Å²) in [6.07, 6.45) is 10.6. The van der Waals surface area contributed by atoms with Gasteiger partial charge in [0.15, 0.2) is 0 Å². The second-order valence-electron chi connectivity index (χ2n) is 7.13. The molecule has 2 saturated carbocycles. The number of hydrogen-bond acceptors (Lipinski definition) is 3. The first-order valence-corrected chi connectivity index (χ1v) is 8.25. The highest BCUT2D eigenvalue weighted by Crippen LogP contribution is 2.37. The van der Waals surface area contributed by atoms with Gasteiger partial charge in [0.25, 0.3) is 0 Å². The molecule has 5 nitrogen and oxygen atoms in total. The molecular weight excluding hydrogens is 335 g/mol. The topological polar surface area (TPSA) is 64.2 Å². The van der Waals surface area contributed by atoms with Crippen molar-refractivity contribution in [2.75, 3.05) is 13.1 Å². The molecule has 1 atom stereocenters. The lowest BCUT2D eigenvalue weighted by Gasteiger charge is -2.34. The summed E-state index contributed by atoms with van der Waals surface area (Å²) in [7, 11) is 0. The largest absolute Gasteiger partial charge is 0.340 e. The van der Waals surface area contributed by atoms with Crippen LogP contribution in [0.2, 0.25) is 0 Å². The molecule has 2 heterocycles. The van der Waals surface area contributed by atoms with Crippen LogP contribution < -0.4 is 5.73 Å². The maximum atomic E-state index is 12.4. The summed E-state index contributed by atoms with van der Waals surface area (Å²) in [6.45, 7) is 2.75. The Kier molecular flexibility index (Phi) is 5.64. The van der Waals surface area contributed by atoms with Gasteiger partial charge in [0, 0.05) is 37.9 Å². The van der Waals surface area contributed by atoms with Crippen molar-refractivity contribution in [3.8, 4) is 0 Å². The van der Waals surface area contributed by atoms with E-state index in [-0.39, 0.29) is 30.7 Å². The van der Waals surface area contributed by atoms with Crippen molar-refractivity contribution in [3.63, 3.8) is 0 Å². The fourth-order valence-electron chi connectivity index (χ4n) is 3.45. The van der Waals surface area contributed by atoms with E-state index >= 15 is 0 Å². The summed E-state index contributed by atoms with van der Waals surface area (Å²) in [6, 6.07) is 0. The van der Waals surface area contributed by atoms with E-state index in [1.165, 1.54) is 18.7 Å². The number of halogens is 2. The average molecular weight is 361 g/mol. The lowest BCUT2D eigenvalue weighted by atomic mass is 9.96. The monoisotopic (exact) mass is 360 g/mol. The van der Waals surface area contributed by atoms with Gasteiger partial charge in [0.1, 0.15) is 5.82 Å². The zero-order valence-corrected chi connectivity index (χ0v) is 15.0. The molecule has 1 aliphatic heterocycles. The zero-order valence-electron chi connectivity index (χ0n) is 13.3. The molecule has 7 heteroatoms. The summed E-state index contributed by atoms with van der Waals surface area (Å²) < 4.78 is 2.31. The molecule has 1 aromatic heterocycles. The summed E-state index contributed by atoms with van der Waals surface area (Å²) in [4.78, 5) is 19.0. The van der Waals surface area contributed by atoms with Crippen molar-refractivity contribution in [2.24, 2.45) is 11.7 Å². The van der Waals surface area contributed by atoms with Crippen molar-refractivity contribution < 1.29 is 4.79 Å². The van der Waals surface area contributed by atoms with Gasteiger partial charge in [-0.25, -0.2) is 4.98 Å². The minimum Gasteiger partial charge on any atom is -0.340 e. The molecule has 2 aliphatic carbocycles. The predicted octanol–water partition coefficient (Wildman–Crippen LogP) is 2.33. The Morgan fingerprint density at radius 3 is 2.70 bits per heavy atom. The number of amides is 1. The normalized spacial score (nSPS) is 25.3. The van der Waals surface area contributed by atoms with Crippen molar-refractivity contribution in [2.45, 2.75) is 56.5 Å². The first-order valence-electron chi connectivity index (χ1n) is 8.25. The van der Waals surface area contributed by atoms with Crippen molar-refractivity contribution >= 4 is 30.7 Å². The summed E-state index contributed by atoms with van der Waals surface area (Å²) in [5, 5.41) is 0. The Bertz CT molecular complexity index is 554. The number of likely N-dealkylation sites (tertiary alicyclic amines) is 1. The van der Waals surface area contributed by atoms with E-state index in [1.807, 2.05) is 11.1 Å². The van der Waals surface area contributed by atoms with Gasteiger partial charge in [-0.3, -0.25) is 4.79 Å². The third-order valence-electron chi connectivity index (χ3n) is 5.19. The summed E-state index contributed by atoms with van der Waals surface area (Å²) in [5.41, 5.74) is 5.54. The van der Waals surface area contributed by atoms with Gasteiger partial charge in [0.05, 0.1) is 5.54 Å². The predicted molar refractivity (Wildman–Crippen MR) is 94.2 cm³/mol. The standard InChI is InChI=1S/C16H24N4O.2ClH/c17-16(5-6-16)15(21)20-8-1-2-13(11-20)14-18-7-9-19(14)10-12-3-4-12;;/h7,9,12-13H,1-6,8,10-11,17H2;2*1H. The molecule has 0 radical (unpaired) electrons. The van der Waals surface area contributed by atoms with E-state index in [9.17, 15) is 4.79 Å². The molecule has 23 heavy (non-hydrogen) atoms. The number of nitrogens with two attached hydrogens (primary N) is 1. The maximum absolute atomic E-state index is 12.4. The van der Waals surface area contributed by atoms with Crippen LogP contribution >= 0.6 is 24.8 Å². The lowest BCUT2D eigenvalue weighted by Crippen LogP contribution is -2.49. The molecule has 0 bridgehead atoms. The van der Waals surface area contributed by atoms with Crippen LogP contribution in [0.3, 0.4) is 0 Å². The highest BCUT2D eigenvalue weighted by Gasteiger charge is 2.48. The minimum absolute atomic E-state index is 0. The van der Waals surface area contributed by atoms with Gasteiger partial charge < -0.3 is 15.2 Å². The first kappa shape index (κ1) is 18.6. The molecule has 1 aromatic rings. The first-order chi connectivity index (χ1) is 10.2. The zero-order chi connectivity index (χ0) is 14.4. The number of hydrogen-bond donors (Lipinski definition) is 1.